The van der Waals surface area contributed by atoms with E-state index in [1.165, 1.54) is 12.0 Å². The van der Waals surface area contributed by atoms with Gasteiger partial charge in [-0.1, -0.05) is 12.1 Å². The summed E-state index contributed by atoms with van der Waals surface area (Å²) in [5.74, 6) is -0.898. The maximum atomic E-state index is 13.1. The molecule has 2 heterocycles. The van der Waals surface area contributed by atoms with E-state index in [-0.39, 0.29) is 23.5 Å². The normalized spacial score (nSPS) is 11.2. The van der Waals surface area contributed by atoms with Crippen molar-refractivity contribution in [2.75, 3.05) is 19.1 Å². The molecule has 0 N–H and O–H groups in total. The van der Waals surface area contributed by atoms with Crippen LogP contribution in [-0.4, -0.2) is 26.0 Å². The molecular formula is C25H23NO6. The number of methoxy groups -OCH3 is 1. The first-order valence-corrected chi connectivity index (χ1v) is 10.1. The molecule has 7 heteroatoms. The predicted octanol–water partition coefficient (Wildman–Crippen LogP) is 4.46. The van der Waals surface area contributed by atoms with Crippen molar-refractivity contribution in [3.05, 3.63) is 74.8 Å². The fourth-order valence-corrected chi connectivity index (χ4v) is 3.98. The first kappa shape index (κ1) is 21.4. The molecule has 0 bridgehead atoms. The molecule has 0 aliphatic heterocycles. The third kappa shape index (κ3) is 3.36. The average molecular weight is 433 g/mol. The summed E-state index contributed by atoms with van der Waals surface area (Å²) in [4.78, 5) is 39.3. The zero-order valence-corrected chi connectivity index (χ0v) is 18.6. The van der Waals surface area contributed by atoms with E-state index in [9.17, 15) is 14.4 Å². The zero-order valence-electron chi connectivity index (χ0n) is 18.6. The van der Waals surface area contributed by atoms with Gasteiger partial charge >= 0.3 is 11.6 Å². The molecule has 0 spiro atoms. The van der Waals surface area contributed by atoms with Gasteiger partial charge in [0.05, 0.1) is 36.6 Å². The second-order valence-corrected chi connectivity index (χ2v) is 7.80. The van der Waals surface area contributed by atoms with Crippen LogP contribution in [0.5, 0.6) is 0 Å². The van der Waals surface area contributed by atoms with Crippen molar-refractivity contribution in [1.29, 1.82) is 0 Å². The SMILES string of the molecule is COC(=O)c1ccccc1N(C)C(=O)Cc1c(C)c2cc3c(C)coc3c(C)c2oc1=O. The van der Waals surface area contributed by atoms with Crippen LogP contribution in [0.2, 0.25) is 0 Å². The number of furan rings is 1. The summed E-state index contributed by atoms with van der Waals surface area (Å²) in [5.41, 5.74) is 3.93. The van der Waals surface area contributed by atoms with Gasteiger partial charge < -0.3 is 18.5 Å². The van der Waals surface area contributed by atoms with Gasteiger partial charge in [-0.15, -0.1) is 0 Å². The number of hydrogen-bond donors (Lipinski definition) is 0. The second kappa shape index (κ2) is 8.00. The molecule has 32 heavy (non-hydrogen) atoms. The van der Waals surface area contributed by atoms with Gasteiger partial charge in [0.2, 0.25) is 5.91 Å². The minimum absolute atomic E-state index is 0.169. The summed E-state index contributed by atoms with van der Waals surface area (Å²) < 4.78 is 16.1. The molecule has 164 valence electrons. The van der Waals surface area contributed by atoms with Crippen molar-refractivity contribution >= 4 is 39.5 Å². The first-order chi connectivity index (χ1) is 15.2. The number of carbonyl (C=O) groups excluding carboxylic acids is 2. The zero-order chi connectivity index (χ0) is 23.2. The lowest BCUT2D eigenvalue weighted by Crippen LogP contribution is -2.31. The van der Waals surface area contributed by atoms with Gasteiger partial charge in [0.1, 0.15) is 11.2 Å². The van der Waals surface area contributed by atoms with Crippen LogP contribution in [0.4, 0.5) is 5.69 Å². The number of esters is 1. The maximum absolute atomic E-state index is 13.1. The molecule has 0 fully saturated rings. The molecule has 2 aromatic heterocycles. The van der Waals surface area contributed by atoms with Crippen molar-refractivity contribution in [3.8, 4) is 0 Å². The number of anilines is 1. The van der Waals surface area contributed by atoms with Crippen molar-refractivity contribution in [1.82, 2.24) is 0 Å². The molecule has 4 rings (SSSR count). The summed E-state index contributed by atoms with van der Waals surface area (Å²) >= 11 is 0. The minimum atomic E-state index is -0.566. The number of para-hydroxylation sites is 1. The Labute approximate surface area is 184 Å². The van der Waals surface area contributed by atoms with E-state index >= 15 is 0 Å². The van der Waals surface area contributed by atoms with E-state index in [0.717, 1.165) is 21.9 Å². The fraction of sp³-hybridized carbons (Fsp3) is 0.240. The summed E-state index contributed by atoms with van der Waals surface area (Å²) in [7, 11) is 2.84. The summed E-state index contributed by atoms with van der Waals surface area (Å²) in [6.45, 7) is 5.60. The second-order valence-electron chi connectivity index (χ2n) is 7.80. The minimum Gasteiger partial charge on any atom is -0.465 e. The van der Waals surface area contributed by atoms with Crippen LogP contribution < -0.4 is 10.5 Å². The lowest BCUT2D eigenvalue weighted by atomic mass is 9.99. The highest BCUT2D eigenvalue weighted by molar-refractivity contribution is 6.04. The van der Waals surface area contributed by atoms with E-state index in [1.54, 1.807) is 37.6 Å². The summed E-state index contributed by atoms with van der Waals surface area (Å²) in [6.07, 6.45) is 1.50. The highest BCUT2D eigenvalue weighted by Crippen LogP contribution is 2.33. The Morgan fingerprint density at radius 3 is 2.47 bits per heavy atom. The molecule has 0 aliphatic rings. The van der Waals surface area contributed by atoms with E-state index in [0.29, 0.717) is 22.4 Å². The molecule has 4 aromatic rings. The highest BCUT2D eigenvalue weighted by Gasteiger charge is 2.23. The van der Waals surface area contributed by atoms with Crippen LogP contribution in [0, 0.1) is 20.8 Å². The Balaban J connectivity index is 1.77. The van der Waals surface area contributed by atoms with Crippen LogP contribution in [0.15, 0.2) is 50.2 Å². The maximum Gasteiger partial charge on any atom is 0.340 e. The van der Waals surface area contributed by atoms with Gasteiger partial charge in [-0.3, -0.25) is 4.79 Å². The van der Waals surface area contributed by atoms with Gasteiger partial charge in [-0.05, 0) is 50.1 Å². The molecule has 1 amide bonds. The van der Waals surface area contributed by atoms with Gasteiger partial charge in [0.25, 0.3) is 0 Å². The lowest BCUT2D eigenvalue weighted by molar-refractivity contribution is -0.117. The molecule has 0 unspecified atom stereocenters. The monoisotopic (exact) mass is 433 g/mol. The first-order valence-electron chi connectivity index (χ1n) is 10.1. The number of fused-ring (bicyclic) bond motifs is 2. The molecule has 0 radical (unpaired) electrons. The van der Waals surface area contributed by atoms with Gasteiger partial charge in [-0.2, -0.15) is 0 Å². The van der Waals surface area contributed by atoms with Crippen LogP contribution in [-0.2, 0) is 16.0 Å². The average Bonchev–Trinajstić information content (AvgIpc) is 3.17. The van der Waals surface area contributed by atoms with E-state index in [1.807, 2.05) is 26.8 Å². The van der Waals surface area contributed by atoms with Crippen molar-refractivity contribution in [2.24, 2.45) is 0 Å². The van der Waals surface area contributed by atoms with Crippen LogP contribution in [0.25, 0.3) is 21.9 Å². The van der Waals surface area contributed by atoms with Crippen LogP contribution >= 0.6 is 0 Å². The van der Waals surface area contributed by atoms with Crippen molar-refractivity contribution in [3.63, 3.8) is 0 Å². The highest BCUT2D eigenvalue weighted by atomic mass is 16.5. The fourth-order valence-electron chi connectivity index (χ4n) is 3.98. The Bertz CT molecular complexity index is 1440. The van der Waals surface area contributed by atoms with E-state index in [4.69, 9.17) is 13.6 Å². The number of likely N-dealkylation sites (N-methyl/N-ethyl adjacent to an activating group) is 1. The summed E-state index contributed by atoms with van der Waals surface area (Å²) in [6, 6.07) is 8.59. The van der Waals surface area contributed by atoms with Crippen LogP contribution in [0.3, 0.4) is 0 Å². The number of aryl methyl sites for hydroxylation is 3. The molecule has 0 saturated carbocycles. The molecular weight excluding hydrogens is 410 g/mol. The third-order valence-electron chi connectivity index (χ3n) is 5.91. The topological polar surface area (TPSA) is 90.0 Å². The largest absolute Gasteiger partial charge is 0.465 e. The third-order valence-corrected chi connectivity index (χ3v) is 5.91. The van der Waals surface area contributed by atoms with Crippen LogP contribution in [0.1, 0.15) is 32.6 Å². The number of hydrogen-bond acceptors (Lipinski definition) is 6. The molecule has 0 saturated heterocycles. The number of nitrogens with zero attached hydrogens (tertiary/aromatic N) is 1. The Morgan fingerprint density at radius 1 is 1.03 bits per heavy atom. The summed E-state index contributed by atoms with van der Waals surface area (Å²) in [5, 5.41) is 1.70. The lowest BCUT2D eigenvalue weighted by Gasteiger charge is -2.20. The quantitative estimate of drug-likeness (QED) is 0.349. The number of carbonyl (C=O) groups is 2. The van der Waals surface area contributed by atoms with Gasteiger partial charge in [-0.25, -0.2) is 9.59 Å². The standard InChI is InChI=1S/C25H23NO6/c1-13-12-31-22-15(3)23-18(10-17(13)22)14(2)19(25(29)32-23)11-21(27)26(4)20-9-7-6-8-16(20)24(28)30-5/h6-10,12H,11H2,1-5H3. The number of rotatable bonds is 4. The molecule has 2 aromatic carbocycles. The number of ether oxygens (including phenoxy) is 1. The Morgan fingerprint density at radius 2 is 1.75 bits per heavy atom. The number of amides is 1. The molecule has 0 atom stereocenters. The van der Waals surface area contributed by atoms with Crippen molar-refractivity contribution < 1.29 is 23.2 Å². The van der Waals surface area contributed by atoms with Gasteiger partial charge in [0, 0.05) is 23.4 Å². The molecule has 7 nitrogen and oxygen atoms in total. The number of benzene rings is 2. The van der Waals surface area contributed by atoms with Crippen molar-refractivity contribution in [2.45, 2.75) is 27.2 Å². The van der Waals surface area contributed by atoms with E-state index in [2.05, 4.69) is 0 Å². The molecule has 0 aliphatic carbocycles. The van der Waals surface area contributed by atoms with E-state index < -0.39 is 11.6 Å². The Kier molecular flexibility index (Phi) is 5.34. The Hall–Kier alpha value is -3.87. The van der Waals surface area contributed by atoms with Gasteiger partial charge in [0.15, 0.2) is 0 Å². The smallest absolute Gasteiger partial charge is 0.340 e. The predicted molar refractivity (Wildman–Crippen MR) is 121 cm³/mol.